The predicted molar refractivity (Wildman–Crippen MR) is 155 cm³/mol. The average molecular weight is 617 g/mol. The minimum absolute atomic E-state index is 0.00515. The van der Waals surface area contributed by atoms with Crippen LogP contribution in [0, 0.1) is 6.92 Å². The molecular weight excluding hydrogens is 593 g/mol. The summed E-state index contributed by atoms with van der Waals surface area (Å²) in [5.41, 5.74) is 1.34. The Kier molecular flexibility index (Phi) is 9.96. The maximum atomic E-state index is 12.7. The van der Waals surface area contributed by atoms with Crippen molar-refractivity contribution in [2.24, 2.45) is 0 Å². The Morgan fingerprint density at radius 1 is 0.921 bits per heavy atom. The SMILES string of the molecule is CCOC(=O)c1sc(NC(=S)Nc2ccc(S(=O)(=O)Nc3ccc(Cl)c(Cl)c3)cc2)c(C(=O)OCC)c1C. The number of hydrogen-bond acceptors (Lipinski definition) is 8. The molecule has 0 saturated carbocycles. The highest BCUT2D eigenvalue weighted by Crippen LogP contribution is 2.34. The van der Waals surface area contributed by atoms with Gasteiger partial charge in [-0.1, -0.05) is 23.2 Å². The van der Waals surface area contributed by atoms with Crippen molar-refractivity contribution in [3.05, 3.63) is 68.5 Å². The number of anilines is 3. The maximum Gasteiger partial charge on any atom is 0.348 e. The normalized spacial score (nSPS) is 11.0. The molecular formula is C24H23Cl2N3O6S3. The van der Waals surface area contributed by atoms with Crippen LogP contribution in [0.25, 0.3) is 0 Å². The molecule has 0 fully saturated rings. The van der Waals surface area contributed by atoms with E-state index in [4.69, 9.17) is 44.9 Å². The Balaban J connectivity index is 1.75. The Labute approximate surface area is 239 Å². The Morgan fingerprint density at radius 3 is 2.13 bits per heavy atom. The van der Waals surface area contributed by atoms with Gasteiger partial charge in [-0.25, -0.2) is 18.0 Å². The first-order chi connectivity index (χ1) is 18.0. The monoisotopic (exact) mass is 615 g/mol. The largest absolute Gasteiger partial charge is 0.462 e. The third-order valence-electron chi connectivity index (χ3n) is 4.91. The molecule has 14 heteroatoms. The van der Waals surface area contributed by atoms with Crippen LogP contribution in [-0.2, 0) is 19.5 Å². The van der Waals surface area contributed by atoms with E-state index in [-0.39, 0.29) is 44.4 Å². The summed E-state index contributed by atoms with van der Waals surface area (Å²) in [6.07, 6.45) is 0. The molecule has 0 saturated heterocycles. The zero-order chi connectivity index (χ0) is 28.0. The molecule has 0 spiro atoms. The van der Waals surface area contributed by atoms with Gasteiger partial charge in [-0.15, -0.1) is 11.3 Å². The number of ether oxygens (including phenoxy) is 2. The number of thiocarbonyl (C=S) groups is 1. The second-order valence-electron chi connectivity index (χ2n) is 7.54. The second kappa shape index (κ2) is 12.8. The molecule has 0 radical (unpaired) electrons. The van der Waals surface area contributed by atoms with E-state index in [9.17, 15) is 18.0 Å². The van der Waals surface area contributed by atoms with Crippen molar-refractivity contribution in [3.63, 3.8) is 0 Å². The summed E-state index contributed by atoms with van der Waals surface area (Å²) >= 11 is 18.2. The van der Waals surface area contributed by atoms with E-state index in [1.807, 2.05) is 0 Å². The summed E-state index contributed by atoms with van der Waals surface area (Å²) in [6.45, 7) is 5.32. The van der Waals surface area contributed by atoms with Gasteiger partial charge in [0.15, 0.2) is 5.11 Å². The van der Waals surface area contributed by atoms with Crippen LogP contribution in [0.15, 0.2) is 47.4 Å². The summed E-state index contributed by atoms with van der Waals surface area (Å²) < 4.78 is 38.1. The number of hydrogen-bond donors (Lipinski definition) is 3. The first-order valence-electron chi connectivity index (χ1n) is 11.1. The molecule has 202 valence electrons. The average Bonchev–Trinajstić information content (AvgIpc) is 3.17. The van der Waals surface area contributed by atoms with E-state index in [1.165, 1.54) is 42.5 Å². The standard InChI is InChI=1S/C24H23Cl2N3O6S3/c1-4-34-22(30)19-13(3)20(23(31)35-5-2)37-21(19)28-24(36)27-14-6-9-16(10-7-14)38(32,33)29-15-8-11-17(25)18(26)12-15/h6-12,29H,4-5H2,1-3H3,(H2,27,28,36). The van der Waals surface area contributed by atoms with Crippen LogP contribution < -0.4 is 15.4 Å². The molecule has 0 aliphatic carbocycles. The second-order valence-corrected chi connectivity index (χ2v) is 11.5. The van der Waals surface area contributed by atoms with E-state index in [0.29, 0.717) is 21.3 Å². The van der Waals surface area contributed by atoms with E-state index in [2.05, 4.69) is 15.4 Å². The number of rotatable bonds is 9. The zero-order valence-electron chi connectivity index (χ0n) is 20.4. The van der Waals surface area contributed by atoms with Crippen LogP contribution in [0.5, 0.6) is 0 Å². The highest BCUT2D eigenvalue weighted by molar-refractivity contribution is 7.92. The van der Waals surface area contributed by atoms with Crippen LogP contribution in [0.3, 0.4) is 0 Å². The maximum absolute atomic E-state index is 12.7. The Morgan fingerprint density at radius 2 is 1.53 bits per heavy atom. The van der Waals surface area contributed by atoms with Gasteiger partial charge < -0.3 is 20.1 Å². The molecule has 0 unspecified atom stereocenters. The number of esters is 2. The summed E-state index contributed by atoms with van der Waals surface area (Å²) in [5.74, 6) is -1.16. The van der Waals surface area contributed by atoms with Gasteiger partial charge in [0.2, 0.25) is 0 Å². The first-order valence-corrected chi connectivity index (χ1v) is 14.6. The molecule has 0 atom stereocenters. The van der Waals surface area contributed by atoms with Crippen LogP contribution in [-0.4, -0.2) is 38.7 Å². The van der Waals surface area contributed by atoms with Crippen molar-refractivity contribution in [3.8, 4) is 0 Å². The molecule has 2 aromatic carbocycles. The number of halogens is 2. The van der Waals surface area contributed by atoms with E-state index < -0.39 is 22.0 Å². The van der Waals surface area contributed by atoms with Gasteiger partial charge in [-0.2, -0.15) is 0 Å². The van der Waals surface area contributed by atoms with Crippen molar-refractivity contribution >= 4 is 90.2 Å². The molecule has 3 rings (SSSR count). The number of carbonyl (C=O) groups excluding carboxylic acids is 2. The summed E-state index contributed by atoms with van der Waals surface area (Å²) in [6, 6.07) is 10.2. The lowest BCUT2D eigenvalue weighted by atomic mass is 10.1. The van der Waals surface area contributed by atoms with Crippen LogP contribution in [0.1, 0.15) is 39.4 Å². The number of sulfonamides is 1. The quantitative estimate of drug-likeness (QED) is 0.187. The Bertz CT molecular complexity index is 1470. The smallest absolute Gasteiger partial charge is 0.348 e. The number of nitrogens with one attached hydrogen (secondary N) is 3. The van der Waals surface area contributed by atoms with E-state index in [0.717, 1.165) is 11.3 Å². The topological polar surface area (TPSA) is 123 Å². The third kappa shape index (κ3) is 7.14. The van der Waals surface area contributed by atoms with Crippen LogP contribution >= 0.6 is 46.8 Å². The minimum Gasteiger partial charge on any atom is -0.462 e. The predicted octanol–water partition coefficient (Wildman–Crippen LogP) is 6.33. The molecule has 3 aromatic rings. The van der Waals surface area contributed by atoms with Crippen molar-refractivity contribution in [2.75, 3.05) is 28.6 Å². The number of thiophene rings is 1. The molecule has 1 heterocycles. The van der Waals surface area contributed by atoms with Gasteiger partial charge in [-0.3, -0.25) is 4.72 Å². The lowest BCUT2D eigenvalue weighted by molar-refractivity contribution is 0.0527. The fraction of sp³-hybridized carbons (Fsp3) is 0.208. The number of carbonyl (C=O) groups is 2. The molecule has 1 aromatic heterocycles. The van der Waals surface area contributed by atoms with Crippen LogP contribution in [0.4, 0.5) is 16.4 Å². The van der Waals surface area contributed by atoms with Crippen LogP contribution in [0.2, 0.25) is 10.0 Å². The van der Waals surface area contributed by atoms with Crippen molar-refractivity contribution in [2.45, 2.75) is 25.7 Å². The highest BCUT2D eigenvalue weighted by atomic mass is 35.5. The van der Waals surface area contributed by atoms with Crippen molar-refractivity contribution < 1.29 is 27.5 Å². The first kappa shape index (κ1) is 29.7. The van der Waals surface area contributed by atoms with E-state index in [1.54, 1.807) is 20.8 Å². The molecule has 38 heavy (non-hydrogen) atoms. The van der Waals surface area contributed by atoms with Crippen molar-refractivity contribution in [1.82, 2.24) is 0 Å². The molecule has 0 amide bonds. The lowest BCUT2D eigenvalue weighted by Gasteiger charge is -2.12. The molecule has 0 aliphatic rings. The minimum atomic E-state index is -3.89. The van der Waals surface area contributed by atoms with Crippen molar-refractivity contribution in [1.29, 1.82) is 0 Å². The van der Waals surface area contributed by atoms with Gasteiger partial charge in [0, 0.05) is 5.69 Å². The zero-order valence-corrected chi connectivity index (χ0v) is 24.3. The van der Waals surface area contributed by atoms with Gasteiger partial charge in [0.25, 0.3) is 10.0 Å². The summed E-state index contributed by atoms with van der Waals surface area (Å²) in [7, 11) is -3.89. The number of benzene rings is 2. The fourth-order valence-electron chi connectivity index (χ4n) is 3.20. The lowest BCUT2D eigenvalue weighted by Crippen LogP contribution is -2.20. The van der Waals surface area contributed by atoms with E-state index >= 15 is 0 Å². The fourth-order valence-corrected chi connectivity index (χ4v) is 5.92. The third-order valence-corrected chi connectivity index (χ3v) is 8.44. The summed E-state index contributed by atoms with van der Waals surface area (Å²) in [5, 5.41) is 6.79. The molecule has 9 nitrogen and oxygen atoms in total. The molecule has 0 bridgehead atoms. The Hall–Kier alpha value is -2.90. The summed E-state index contributed by atoms with van der Waals surface area (Å²) in [4.78, 5) is 25.2. The van der Waals surface area contributed by atoms with Gasteiger partial charge in [0.1, 0.15) is 9.88 Å². The molecule has 0 aliphatic heterocycles. The van der Waals surface area contributed by atoms with Gasteiger partial charge in [0.05, 0.1) is 39.4 Å². The molecule has 3 N–H and O–H groups in total. The van der Waals surface area contributed by atoms with Gasteiger partial charge >= 0.3 is 11.9 Å². The van der Waals surface area contributed by atoms with Gasteiger partial charge in [-0.05, 0) is 81.0 Å². The highest BCUT2D eigenvalue weighted by Gasteiger charge is 2.27.